The maximum absolute atomic E-state index is 5.82. The summed E-state index contributed by atoms with van der Waals surface area (Å²) < 4.78 is 5.82. The van der Waals surface area contributed by atoms with Crippen LogP contribution in [0.4, 0.5) is 5.82 Å². The number of aromatic nitrogens is 2. The van der Waals surface area contributed by atoms with Gasteiger partial charge in [-0.05, 0) is 26.2 Å². The van der Waals surface area contributed by atoms with E-state index in [0.29, 0.717) is 6.61 Å². The zero-order chi connectivity index (χ0) is 14.7. The molecule has 21 heavy (non-hydrogen) atoms. The molecule has 1 aromatic heterocycles. The number of rotatable bonds is 4. The molecule has 0 saturated carbocycles. The van der Waals surface area contributed by atoms with Crippen LogP contribution in [-0.2, 0) is 6.42 Å². The number of nitrogens with one attached hydrogen (secondary N) is 1. The van der Waals surface area contributed by atoms with Gasteiger partial charge in [0.15, 0.2) is 0 Å². The summed E-state index contributed by atoms with van der Waals surface area (Å²) in [6.07, 6.45) is 2.44. The third-order valence-corrected chi connectivity index (χ3v) is 3.55. The van der Waals surface area contributed by atoms with Gasteiger partial charge in [0.25, 0.3) is 0 Å². The van der Waals surface area contributed by atoms with Crippen LogP contribution >= 0.6 is 0 Å². The highest BCUT2D eigenvalue weighted by atomic mass is 16.5. The molecule has 1 aliphatic heterocycles. The molecule has 5 nitrogen and oxygen atoms in total. The fourth-order valence-corrected chi connectivity index (χ4v) is 2.48. The first-order valence-electron chi connectivity index (χ1n) is 7.20. The highest BCUT2D eigenvalue weighted by molar-refractivity contribution is 5.74. The van der Waals surface area contributed by atoms with Crippen molar-refractivity contribution in [3.63, 3.8) is 0 Å². The van der Waals surface area contributed by atoms with Gasteiger partial charge in [-0.25, -0.2) is 9.97 Å². The van der Waals surface area contributed by atoms with E-state index in [-0.39, 0.29) is 0 Å². The number of fused-ring (bicyclic) bond motifs is 3. The maximum atomic E-state index is 5.82. The monoisotopic (exact) mass is 284 g/mol. The second kappa shape index (κ2) is 6.10. The summed E-state index contributed by atoms with van der Waals surface area (Å²) in [5, 5.41) is 3.41. The van der Waals surface area contributed by atoms with Gasteiger partial charge in [0, 0.05) is 30.6 Å². The van der Waals surface area contributed by atoms with E-state index in [1.165, 1.54) is 0 Å². The number of nitrogens with zero attached hydrogens (tertiary/aromatic N) is 3. The SMILES string of the molecule is CN(C)CCNc1ncnc2c1CCOc1ccccc1-2. The molecular formula is C16H20N4O. The van der Waals surface area contributed by atoms with Crippen LogP contribution in [0.25, 0.3) is 11.3 Å². The number of hydrogen-bond donors (Lipinski definition) is 1. The van der Waals surface area contributed by atoms with Crippen molar-refractivity contribution >= 4 is 5.82 Å². The normalized spacial score (nSPS) is 13.1. The minimum atomic E-state index is 0.653. The van der Waals surface area contributed by atoms with E-state index < -0.39 is 0 Å². The predicted molar refractivity (Wildman–Crippen MR) is 83.7 cm³/mol. The average molecular weight is 284 g/mol. The van der Waals surface area contributed by atoms with E-state index in [2.05, 4.69) is 40.3 Å². The minimum Gasteiger partial charge on any atom is -0.493 e. The molecule has 1 aliphatic rings. The first-order valence-corrected chi connectivity index (χ1v) is 7.20. The lowest BCUT2D eigenvalue weighted by atomic mass is 10.0. The van der Waals surface area contributed by atoms with Crippen LogP contribution < -0.4 is 10.1 Å². The quantitative estimate of drug-likeness (QED) is 0.931. The highest BCUT2D eigenvalue weighted by Gasteiger charge is 2.19. The second-order valence-electron chi connectivity index (χ2n) is 5.37. The lowest BCUT2D eigenvalue weighted by molar-refractivity contribution is 0.326. The van der Waals surface area contributed by atoms with Crippen molar-refractivity contribution in [3.05, 3.63) is 36.2 Å². The van der Waals surface area contributed by atoms with Gasteiger partial charge in [-0.1, -0.05) is 12.1 Å². The van der Waals surface area contributed by atoms with Gasteiger partial charge in [0.2, 0.25) is 0 Å². The number of ether oxygens (including phenoxy) is 1. The summed E-state index contributed by atoms with van der Waals surface area (Å²) in [6.45, 7) is 2.48. The van der Waals surface area contributed by atoms with Crippen LogP contribution in [0.1, 0.15) is 5.56 Å². The van der Waals surface area contributed by atoms with Crippen molar-refractivity contribution in [1.29, 1.82) is 0 Å². The average Bonchev–Trinajstić information content (AvgIpc) is 2.67. The summed E-state index contributed by atoms with van der Waals surface area (Å²) in [5.41, 5.74) is 3.16. The molecule has 1 aromatic carbocycles. The molecule has 0 unspecified atom stereocenters. The van der Waals surface area contributed by atoms with Crippen LogP contribution in [0.15, 0.2) is 30.6 Å². The molecule has 0 aliphatic carbocycles. The zero-order valence-corrected chi connectivity index (χ0v) is 12.5. The topological polar surface area (TPSA) is 50.3 Å². The minimum absolute atomic E-state index is 0.653. The number of hydrogen-bond acceptors (Lipinski definition) is 5. The number of para-hydroxylation sites is 1. The summed E-state index contributed by atoms with van der Waals surface area (Å²) in [5.74, 6) is 1.82. The lowest BCUT2D eigenvalue weighted by Crippen LogP contribution is -2.22. The van der Waals surface area contributed by atoms with Gasteiger partial charge >= 0.3 is 0 Å². The lowest BCUT2D eigenvalue weighted by Gasteiger charge is -2.14. The van der Waals surface area contributed by atoms with E-state index >= 15 is 0 Å². The van der Waals surface area contributed by atoms with Crippen molar-refractivity contribution in [1.82, 2.24) is 14.9 Å². The van der Waals surface area contributed by atoms with Gasteiger partial charge in [-0.3, -0.25) is 0 Å². The summed E-state index contributed by atoms with van der Waals surface area (Å²) in [4.78, 5) is 11.0. The molecule has 1 N–H and O–H groups in total. The van der Waals surface area contributed by atoms with Crippen LogP contribution in [0, 0.1) is 0 Å². The largest absolute Gasteiger partial charge is 0.493 e. The van der Waals surface area contributed by atoms with Gasteiger partial charge < -0.3 is 15.0 Å². The van der Waals surface area contributed by atoms with Crippen LogP contribution in [0.3, 0.4) is 0 Å². The third kappa shape index (κ3) is 2.97. The van der Waals surface area contributed by atoms with Crippen molar-refractivity contribution in [2.24, 2.45) is 0 Å². The molecule has 110 valence electrons. The van der Waals surface area contributed by atoms with E-state index in [4.69, 9.17) is 4.74 Å². The summed E-state index contributed by atoms with van der Waals surface area (Å²) in [7, 11) is 4.12. The first-order chi connectivity index (χ1) is 10.3. The molecule has 0 amide bonds. The Hall–Kier alpha value is -2.14. The second-order valence-corrected chi connectivity index (χ2v) is 5.37. The molecule has 3 rings (SSSR count). The van der Waals surface area contributed by atoms with E-state index in [9.17, 15) is 0 Å². The molecule has 2 heterocycles. The Balaban J connectivity index is 1.93. The molecule has 0 radical (unpaired) electrons. The van der Waals surface area contributed by atoms with Gasteiger partial charge in [-0.2, -0.15) is 0 Å². The molecule has 0 bridgehead atoms. The molecule has 2 aromatic rings. The van der Waals surface area contributed by atoms with E-state index in [1.54, 1.807) is 6.33 Å². The standard InChI is InChI=1S/C16H20N4O/c1-20(2)9-8-17-16-13-7-10-21-14-6-4-3-5-12(14)15(13)18-11-19-16/h3-6,11H,7-10H2,1-2H3,(H,17,18,19). The van der Waals surface area contributed by atoms with Crippen LogP contribution in [0.5, 0.6) is 5.75 Å². The Morgan fingerprint density at radius 2 is 2.10 bits per heavy atom. The van der Waals surface area contributed by atoms with E-state index in [0.717, 1.165) is 47.9 Å². The number of benzene rings is 1. The zero-order valence-electron chi connectivity index (χ0n) is 12.5. The number of anilines is 1. The molecule has 0 spiro atoms. The third-order valence-electron chi connectivity index (χ3n) is 3.55. The van der Waals surface area contributed by atoms with Crippen LogP contribution in [0.2, 0.25) is 0 Å². The Kier molecular flexibility index (Phi) is 4.01. The van der Waals surface area contributed by atoms with Crippen molar-refractivity contribution < 1.29 is 4.74 Å². The van der Waals surface area contributed by atoms with Crippen LogP contribution in [-0.4, -0.2) is 48.7 Å². The van der Waals surface area contributed by atoms with Gasteiger partial charge in [0.1, 0.15) is 17.9 Å². The predicted octanol–water partition coefficient (Wildman–Crippen LogP) is 2.05. The smallest absolute Gasteiger partial charge is 0.133 e. The Labute approximate surface area is 125 Å². The molecule has 5 heteroatoms. The summed E-state index contributed by atoms with van der Waals surface area (Å²) >= 11 is 0. The van der Waals surface area contributed by atoms with Crippen molar-refractivity contribution in [2.45, 2.75) is 6.42 Å². The van der Waals surface area contributed by atoms with Crippen molar-refractivity contribution in [2.75, 3.05) is 39.1 Å². The first kappa shape index (κ1) is 13.8. The highest BCUT2D eigenvalue weighted by Crippen LogP contribution is 2.35. The van der Waals surface area contributed by atoms with E-state index in [1.807, 2.05) is 18.2 Å². The van der Waals surface area contributed by atoms with Crippen molar-refractivity contribution in [3.8, 4) is 17.0 Å². The van der Waals surface area contributed by atoms with Gasteiger partial charge in [-0.15, -0.1) is 0 Å². The molecule has 0 atom stereocenters. The fraction of sp³-hybridized carbons (Fsp3) is 0.375. The maximum Gasteiger partial charge on any atom is 0.133 e. The number of likely N-dealkylation sites (N-methyl/N-ethyl adjacent to an activating group) is 1. The Morgan fingerprint density at radius 3 is 2.95 bits per heavy atom. The molecular weight excluding hydrogens is 264 g/mol. The summed E-state index contributed by atoms with van der Waals surface area (Å²) in [6, 6.07) is 8.04. The van der Waals surface area contributed by atoms with Gasteiger partial charge in [0.05, 0.1) is 12.3 Å². The Morgan fingerprint density at radius 1 is 1.24 bits per heavy atom. The Bertz CT molecular complexity index is 627. The molecule has 0 fully saturated rings. The molecule has 0 saturated heterocycles. The fourth-order valence-electron chi connectivity index (χ4n) is 2.48.